The maximum Gasteiger partial charge on any atom is 0.162 e. The Morgan fingerprint density at radius 1 is 1.15 bits per heavy atom. The molecule has 3 rings (SSSR count). The van der Waals surface area contributed by atoms with Gasteiger partial charge in [0, 0.05) is 17.0 Å². The van der Waals surface area contributed by atoms with E-state index in [4.69, 9.17) is 11.6 Å². The fourth-order valence-corrected chi connectivity index (χ4v) is 3.82. The molecule has 2 unspecified atom stereocenters. The molecular formula is C22H24ClFO2. The minimum absolute atomic E-state index is 0.0364. The van der Waals surface area contributed by atoms with Crippen LogP contribution in [0.4, 0.5) is 4.39 Å². The van der Waals surface area contributed by atoms with Gasteiger partial charge in [-0.2, -0.15) is 0 Å². The molecule has 0 spiro atoms. The first-order valence-corrected chi connectivity index (χ1v) is 9.63. The van der Waals surface area contributed by atoms with Gasteiger partial charge in [0.05, 0.1) is 6.10 Å². The van der Waals surface area contributed by atoms with Gasteiger partial charge in [0.25, 0.3) is 0 Å². The highest BCUT2D eigenvalue weighted by atomic mass is 35.5. The maximum atomic E-state index is 13.3. The van der Waals surface area contributed by atoms with E-state index in [1.165, 1.54) is 11.6 Å². The largest absolute Gasteiger partial charge is 0.393 e. The third kappa shape index (κ3) is 5.15. The normalized spacial score (nSPS) is 17.6. The van der Waals surface area contributed by atoms with Crippen LogP contribution in [0, 0.1) is 11.7 Å². The van der Waals surface area contributed by atoms with E-state index in [-0.39, 0.29) is 11.6 Å². The van der Waals surface area contributed by atoms with Crippen LogP contribution in [0.25, 0.3) is 0 Å². The molecule has 0 radical (unpaired) electrons. The lowest BCUT2D eigenvalue weighted by Gasteiger charge is -2.25. The van der Waals surface area contributed by atoms with Crippen LogP contribution < -0.4 is 0 Å². The Balaban J connectivity index is 1.41. The molecule has 0 bridgehead atoms. The lowest BCUT2D eigenvalue weighted by molar-refractivity contribution is 0.0925. The van der Waals surface area contributed by atoms with E-state index in [0.29, 0.717) is 35.8 Å². The van der Waals surface area contributed by atoms with Crippen LogP contribution in [0.15, 0.2) is 42.5 Å². The van der Waals surface area contributed by atoms with E-state index in [9.17, 15) is 14.3 Å². The number of Topliss-reactive ketones (excluding diaryl/α,β-unsaturated/α-hetero) is 1. The summed E-state index contributed by atoms with van der Waals surface area (Å²) in [6, 6.07) is 11.9. The van der Waals surface area contributed by atoms with Crippen LogP contribution in [-0.2, 0) is 12.8 Å². The van der Waals surface area contributed by atoms with Crippen LogP contribution in [0.2, 0.25) is 5.02 Å². The van der Waals surface area contributed by atoms with Gasteiger partial charge in [-0.15, -0.1) is 0 Å². The molecule has 1 N–H and O–H groups in total. The van der Waals surface area contributed by atoms with E-state index in [0.717, 1.165) is 31.2 Å². The number of fused-ring (bicyclic) bond motifs is 1. The Morgan fingerprint density at radius 2 is 1.92 bits per heavy atom. The van der Waals surface area contributed by atoms with Crippen LogP contribution in [-0.4, -0.2) is 17.0 Å². The number of halogens is 2. The van der Waals surface area contributed by atoms with Crippen molar-refractivity contribution < 1.29 is 14.3 Å². The second-order valence-corrected chi connectivity index (χ2v) is 7.66. The van der Waals surface area contributed by atoms with Gasteiger partial charge in [0.2, 0.25) is 0 Å². The Morgan fingerprint density at radius 3 is 2.69 bits per heavy atom. The second kappa shape index (κ2) is 8.79. The minimum atomic E-state index is -0.458. The summed E-state index contributed by atoms with van der Waals surface area (Å²) in [6.07, 6.45) is 4.90. The van der Waals surface area contributed by atoms with Gasteiger partial charge in [-0.1, -0.05) is 17.7 Å². The summed E-state index contributed by atoms with van der Waals surface area (Å²) in [7, 11) is 0. The summed E-state index contributed by atoms with van der Waals surface area (Å²) >= 11 is 5.83. The van der Waals surface area contributed by atoms with Crippen molar-refractivity contribution in [2.75, 3.05) is 0 Å². The zero-order chi connectivity index (χ0) is 18.5. The standard InChI is InChI=1S/C22H24ClFO2/c23-19-7-4-16(5-8-19)22(26)12-11-21(25)10-2-15-1-3-18-14-20(24)9-6-17(18)13-15/h4-9,14-15,21,25H,1-3,10-13H2. The molecule has 0 fully saturated rings. The van der Waals surface area contributed by atoms with Crippen molar-refractivity contribution in [2.24, 2.45) is 5.92 Å². The number of aliphatic hydroxyl groups is 1. The van der Waals surface area contributed by atoms with E-state index < -0.39 is 6.10 Å². The molecule has 2 aromatic carbocycles. The monoisotopic (exact) mass is 374 g/mol. The highest BCUT2D eigenvalue weighted by molar-refractivity contribution is 6.30. The fourth-order valence-electron chi connectivity index (χ4n) is 3.70. The van der Waals surface area contributed by atoms with Crippen molar-refractivity contribution in [3.05, 3.63) is 70.0 Å². The van der Waals surface area contributed by atoms with Gasteiger partial charge >= 0.3 is 0 Å². The summed E-state index contributed by atoms with van der Waals surface area (Å²) in [5.41, 5.74) is 2.99. The molecule has 0 saturated carbocycles. The number of aryl methyl sites for hydroxylation is 1. The van der Waals surface area contributed by atoms with Crippen molar-refractivity contribution in [2.45, 2.75) is 51.0 Å². The van der Waals surface area contributed by atoms with Crippen LogP contribution >= 0.6 is 11.6 Å². The van der Waals surface area contributed by atoms with Crippen LogP contribution in [0.3, 0.4) is 0 Å². The van der Waals surface area contributed by atoms with Gasteiger partial charge in [-0.05, 0) is 92.0 Å². The van der Waals surface area contributed by atoms with Crippen molar-refractivity contribution in [1.29, 1.82) is 0 Å². The second-order valence-electron chi connectivity index (χ2n) is 7.22. The molecule has 26 heavy (non-hydrogen) atoms. The lowest BCUT2D eigenvalue weighted by Crippen LogP contribution is -2.17. The number of carbonyl (C=O) groups excluding carboxylic acids is 1. The van der Waals surface area contributed by atoms with Crippen molar-refractivity contribution in [3.63, 3.8) is 0 Å². The molecule has 0 saturated heterocycles. The first kappa shape index (κ1) is 19.1. The number of hydrogen-bond acceptors (Lipinski definition) is 2. The minimum Gasteiger partial charge on any atom is -0.393 e. The Labute approximate surface area is 159 Å². The maximum absolute atomic E-state index is 13.3. The number of carbonyl (C=O) groups is 1. The van der Waals surface area contributed by atoms with E-state index in [1.807, 2.05) is 6.07 Å². The summed E-state index contributed by atoms with van der Waals surface area (Å²) < 4.78 is 13.3. The van der Waals surface area contributed by atoms with E-state index >= 15 is 0 Å². The highest BCUT2D eigenvalue weighted by Crippen LogP contribution is 2.29. The average molecular weight is 375 g/mol. The van der Waals surface area contributed by atoms with Gasteiger partial charge in [0.15, 0.2) is 5.78 Å². The molecular weight excluding hydrogens is 351 g/mol. The molecule has 2 nitrogen and oxygen atoms in total. The average Bonchev–Trinajstić information content (AvgIpc) is 2.65. The van der Waals surface area contributed by atoms with E-state index in [2.05, 4.69) is 0 Å². The number of ketones is 1. The smallest absolute Gasteiger partial charge is 0.162 e. The van der Waals surface area contributed by atoms with Gasteiger partial charge in [-0.3, -0.25) is 4.79 Å². The predicted octanol–water partition coefficient (Wildman–Crippen LogP) is 5.39. The third-order valence-electron chi connectivity index (χ3n) is 5.28. The first-order chi connectivity index (χ1) is 12.5. The third-order valence-corrected chi connectivity index (χ3v) is 5.53. The molecule has 0 heterocycles. The summed E-state index contributed by atoms with van der Waals surface area (Å²) in [5.74, 6) is 0.395. The Kier molecular flexibility index (Phi) is 6.44. The first-order valence-electron chi connectivity index (χ1n) is 9.25. The highest BCUT2D eigenvalue weighted by Gasteiger charge is 2.20. The van der Waals surface area contributed by atoms with Crippen LogP contribution in [0.1, 0.15) is 53.6 Å². The zero-order valence-corrected chi connectivity index (χ0v) is 15.5. The lowest BCUT2D eigenvalue weighted by atomic mass is 9.81. The molecule has 1 aliphatic rings. The number of benzene rings is 2. The van der Waals surface area contributed by atoms with Crippen molar-refractivity contribution in [1.82, 2.24) is 0 Å². The molecule has 1 aliphatic carbocycles. The van der Waals surface area contributed by atoms with E-state index in [1.54, 1.807) is 30.3 Å². The predicted molar refractivity (Wildman–Crippen MR) is 102 cm³/mol. The number of hydrogen-bond donors (Lipinski definition) is 1. The number of aliphatic hydroxyl groups excluding tert-OH is 1. The number of rotatable bonds is 7. The van der Waals surface area contributed by atoms with Crippen molar-refractivity contribution in [3.8, 4) is 0 Å². The Hall–Kier alpha value is -1.71. The SMILES string of the molecule is O=C(CCC(O)CCC1CCc2cc(F)ccc2C1)c1ccc(Cl)cc1. The topological polar surface area (TPSA) is 37.3 Å². The molecule has 2 aromatic rings. The molecule has 2 atom stereocenters. The molecule has 0 aliphatic heterocycles. The molecule has 0 aromatic heterocycles. The Bertz CT molecular complexity index is 757. The van der Waals surface area contributed by atoms with Gasteiger partial charge in [0.1, 0.15) is 5.82 Å². The molecule has 4 heteroatoms. The quantitative estimate of drug-likeness (QED) is 0.660. The summed E-state index contributed by atoms with van der Waals surface area (Å²) in [4.78, 5) is 12.1. The van der Waals surface area contributed by atoms with Gasteiger partial charge in [-0.25, -0.2) is 4.39 Å². The van der Waals surface area contributed by atoms with Crippen LogP contribution in [0.5, 0.6) is 0 Å². The summed E-state index contributed by atoms with van der Waals surface area (Å²) in [5, 5.41) is 10.8. The van der Waals surface area contributed by atoms with Crippen molar-refractivity contribution >= 4 is 17.4 Å². The fraction of sp³-hybridized carbons (Fsp3) is 0.409. The van der Waals surface area contributed by atoms with Gasteiger partial charge < -0.3 is 5.11 Å². The zero-order valence-electron chi connectivity index (χ0n) is 14.8. The summed E-state index contributed by atoms with van der Waals surface area (Å²) in [6.45, 7) is 0. The molecule has 0 amide bonds. The molecule has 138 valence electrons.